The van der Waals surface area contributed by atoms with Gasteiger partial charge in [0.2, 0.25) is 0 Å². The summed E-state index contributed by atoms with van der Waals surface area (Å²) in [6.07, 6.45) is 7.49. The zero-order valence-corrected chi connectivity index (χ0v) is 19.9. The topological polar surface area (TPSA) is 110 Å². The number of hydrogen-bond donors (Lipinski definition) is 2. The molecule has 9 nitrogen and oxygen atoms in total. The molecular formula is C25H33N7O2. The quantitative estimate of drug-likeness (QED) is 0.464. The van der Waals surface area contributed by atoms with Crippen molar-refractivity contribution in [1.29, 1.82) is 5.26 Å². The molecule has 1 saturated carbocycles. The van der Waals surface area contributed by atoms with E-state index < -0.39 is 0 Å². The van der Waals surface area contributed by atoms with Crippen LogP contribution in [0.4, 0.5) is 22.9 Å². The van der Waals surface area contributed by atoms with Gasteiger partial charge in [-0.3, -0.25) is 10.1 Å². The molecule has 2 aromatic rings. The van der Waals surface area contributed by atoms with E-state index in [9.17, 15) is 15.4 Å². The standard InChI is InChI=1S/C25H33N7O2/c1-30(2)22-11-14-31(15-12-22)23-10-9-21(16-24(23)32(33)34)28-19-5-7-20(8-6-19)29-25-18(17-26)4-3-13-27-25/h3-4,9-10,13,16,19-20,22,28H,5-8,11-12,14-15H2,1-2H3,(H,27,29)/t19-,20-. The smallest absolute Gasteiger partial charge is 0.294 e. The highest BCUT2D eigenvalue weighted by Gasteiger charge is 2.27. The lowest BCUT2D eigenvalue weighted by Crippen LogP contribution is -2.42. The van der Waals surface area contributed by atoms with E-state index >= 15 is 0 Å². The molecule has 2 aliphatic rings. The van der Waals surface area contributed by atoms with Crippen molar-refractivity contribution >= 4 is 22.9 Å². The molecule has 4 rings (SSSR count). The van der Waals surface area contributed by atoms with Crippen molar-refractivity contribution in [3.63, 3.8) is 0 Å². The summed E-state index contributed by atoms with van der Waals surface area (Å²) < 4.78 is 0. The molecule has 2 heterocycles. The molecular weight excluding hydrogens is 430 g/mol. The summed E-state index contributed by atoms with van der Waals surface area (Å²) in [5, 5.41) is 28.0. The van der Waals surface area contributed by atoms with Crippen molar-refractivity contribution in [2.75, 3.05) is 42.7 Å². The minimum Gasteiger partial charge on any atom is -0.382 e. The molecule has 2 fully saturated rings. The Morgan fingerprint density at radius 1 is 1.09 bits per heavy atom. The third-order valence-corrected chi connectivity index (χ3v) is 7.07. The maximum atomic E-state index is 11.9. The SMILES string of the molecule is CN(C)C1CCN(c2ccc(N[C@H]3CC[C@H](Nc4ncccc4C#N)CC3)cc2[N+](=O)[O-])CC1. The second-order valence-corrected chi connectivity index (χ2v) is 9.49. The number of nitro groups is 1. The molecule has 0 amide bonds. The van der Waals surface area contributed by atoms with E-state index in [1.54, 1.807) is 24.4 Å². The first kappa shape index (κ1) is 23.8. The van der Waals surface area contributed by atoms with Crippen LogP contribution in [0.2, 0.25) is 0 Å². The minimum atomic E-state index is -0.265. The molecule has 1 aromatic heterocycles. The number of pyridine rings is 1. The highest BCUT2D eigenvalue weighted by Crippen LogP contribution is 2.34. The number of aromatic nitrogens is 1. The first-order chi connectivity index (χ1) is 16.4. The maximum Gasteiger partial charge on any atom is 0.294 e. The fourth-order valence-electron chi connectivity index (χ4n) is 5.07. The van der Waals surface area contributed by atoms with Crippen LogP contribution in [0.1, 0.15) is 44.1 Å². The second-order valence-electron chi connectivity index (χ2n) is 9.49. The highest BCUT2D eigenvalue weighted by molar-refractivity contribution is 5.69. The molecule has 0 radical (unpaired) electrons. The largest absolute Gasteiger partial charge is 0.382 e. The minimum absolute atomic E-state index is 0.169. The number of nitrogens with zero attached hydrogens (tertiary/aromatic N) is 5. The van der Waals surface area contributed by atoms with E-state index in [0.717, 1.165) is 57.3 Å². The zero-order chi connectivity index (χ0) is 24.1. The summed E-state index contributed by atoms with van der Waals surface area (Å²) >= 11 is 0. The Kier molecular flexibility index (Phi) is 7.48. The van der Waals surface area contributed by atoms with Gasteiger partial charge in [-0.1, -0.05) is 0 Å². The van der Waals surface area contributed by atoms with Crippen LogP contribution in [0.15, 0.2) is 36.5 Å². The van der Waals surface area contributed by atoms with Crippen LogP contribution in [0.25, 0.3) is 0 Å². The van der Waals surface area contributed by atoms with Gasteiger partial charge >= 0.3 is 0 Å². The molecule has 2 N–H and O–H groups in total. The van der Waals surface area contributed by atoms with Crippen molar-refractivity contribution in [2.45, 2.75) is 56.7 Å². The molecule has 0 spiro atoms. The van der Waals surface area contributed by atoms with Crippen LogP contribution in [0.3, 0.4) is 0 Å². The van der Waals surface area contributed by atoms with Crippen molar-refractivity contribution in [2.24, 2.45) is 0 Å². The lowest BCUT2D eigenvalue weighted by atomic mass is 9.91. The molecule has 0 bridgehead atoms. The zero-order valence-electron chi connectivity index (χ0n) is 19.9. The molecule has 1 aliphatic carbocycles. The van der Waals surface area contributed by atoms with Gasteiger partial charge in [-0.15, -0.1) is 0 Å². The molecule has 1 saturated heterocycles. The van der Waals surface area contributed by atoms with Gasteiger partial charge in [0.1, 0.15) is 17.6 Å². The van der Waals surface area contributed by atoms with Gasteiger partial charge in [0.15, 0.2) is 0 Å². The van der Waals surface area contributed by atoms with Crippen LogP contribution in [-0.2, 0) is 0 Å². The van der Waals surface area contributed by atoms with E-state index in [2.05, 4.69) is 45.6 Å². The molecule has 9 heteroatoms. The Labute approximate surface area is 200 Å². The van der Waals surface area contributed by atoms with Gasteiger partial charge < -0.3 is 20.4 Å². The Morgan fingerprint density at radius 2 is 1.76 bits per heavy atom. The number of benzene rings is 1. The van der Waals surface area contributed by atoms with E-state index in [1.165, 1.54) is 0 Å². The fourth-order valence-corrected chi connectivity index (χ4v) is 5.07. The third kappa shape index (κ3) is 5.57. The predicted molar refractivity (Wildman–Crippen MR) is 134 cm³/mol. The normalized spacial score (nSPS) is 21.2. The van der Waals surface area contributed by atoms with Crippen molar-refractivity contribution in [3.05, 3.63) is 52.2 Å². The lowest BCUT2D eigenvalue weighted by Gasteiger charge is -2.36. The average Bonchev–Trinajstić information content (AvgIpc) is 2.85. The van der Waals surface area contributed by atoms with E-state index in [0.29, 0.717) is 23.1 Å². The Morgan fingerprint density at radius 3 is 2.38 bits per heavy atom. The van der Waals surface area contributed by atoms with Crippen molar-refractivity contribution in [1.82, 2.24) is 9.88 Å². The number of nitro benzene ring substituents is 1. The van der Waals surface area contributed by atoms with Crippen LogP contribution in [0.5, 0.6) is 0 Å². The molecule has 0 unspecified atom stereocenters. The number of nitriles is 1. The molecule has 0 atom stereocenters. The predicted octanol–water partition coefficient (Wildman–Crippen LogP) is 4.23. The fraction of sp³-hybridized carbons (Fsp3) is 0.520. The lowest BCUT2D eigenvalue weighted by molar-refractivity contribution is -0.384. The van der Waals surface area contributed by atoms with Crippen LogP contribution in [0, 0.1) is 21.4 Å². The number of hydrogen-bond acceptors (Lipinski definition) is 8. The average molecular weight is 464 g/mol. The Hall–Kier alpha value is -3.38. The van der Waals surface area contributed by atoms with Gasteiger partial charge in [0.05, 0.1) is 10.5 Å². The summed E-state index contributed by atoms with van der Waals surface area (Å²) in [5.74, 6) is 0.641. The van der Waals surface area contributed by atoms with Crippen LogP contribution >= 0.6 is 0 Å². The van der Waals surface area contributed by atoms with Crippen molar-refractivity contribution < 1.29 is 4.92 Å². The molecule has 1 aromatic carbocycles. The number of rotatable bonds is 7. The summed E-state index contributed by atoms with van der Waals surface area (Å²) in [7, 11) is 4.18. The van der Waals surface area contributed by atoms with E-state index in [-0.39, 0.29) is 22.7 Å². The third-order valence-electron chi connectivity index (χ3n) is 7.07. The highest BCUT2D eigenvalue weighted by atomic mass is 16.6. The first-order valence-corrected chi connectivity index (χ1v) is 12.0. The van der Waals surface area contributed by atoms with Crippen LogP contribution in [-0.4, -0.2) is 60.1 Å². The summed E-state index contributed by atoms with van der Waals surface area (Å²) in [5.41, 5.74) is 2.24. The van der Waals surface area contributed by atoms with E-state index in [4.69, 9.17) is 0 Å². The molecule has 1 aliphatic heterocycles. The Bertz CT molecular complexity index is 1040. The van der Waals surface area contributed by atoms with Gasteiger partial charge in [-0.05, 0) is 76.9 Å². The first-order valence-electron chi connectivity index (χ1n) is 12.0. The van der Waals surface area contributed by atoms with Gasteiger partial charge in [-0.2, -0.15) is 5.26 Å². The molecule has 34 heavy (non-hydrogen) atoms. The van der Waals surface area contributed by atoms with Crippen molar-refractivity contribution in [3.8, 4) is 6.07 Å². The van der Waals surface area contributed by atoms with Gasteiger partial charge in [0.25, 0.3) is 5.69 Å². The number of nitrogens with one attached hydrogen (secondary N) is 2. The summed E-state index contributed by atoms with van der Waals surface area (Å²) in [6, 6.07) is 12.3. The maximum absolute atomic E-state index is 11.9. The second kappa shape index (κ2) is 10.7. The monoisotopic (exact) mass is 463 g/mol. The number of piperidine rings is 1. The Balaban J connectivity index is 1.35. The van der Waals surface area contributed by atoms with Crippen LogP contribution < -0.4 is 15.5 Å². The number of anilines is 3. The molecule has 180 valence electrons. The van der Waals surface area contributed by atoms with E-state index in [1.807, 2.05) is 12.1 Å². The van der Waals surface area contributed by atoms with Gasteiger partial charge in [-0.25, -0.2) is 4.98 Å². The summed E-state index contributed by atoms with van der Waals surface area (Å²) in [4.78, 5) is 20.3. The van der Waals surface area contributed by atoms with Gasteiger partial charge in [0, 0.05) is 49.2 Å². The summed E-state index contributed by atoms with van der Waals surface area (Å²) in [6.45, 7) is 1.66.